The van der Waals surface area contributed by atoms with Crippen LogP contribution in [0.4, 0.5) is 15.8 Å². The molecule has 2 aromatic carbocycles. The number of aromatic nitrogens is 2. The summed E-state index contributed by atoms with van der Waals surface area (Å²) in [5.74, 6) is 1.43. The van der Waals surface area contributed by atoms with Crippen molar-refractivity contribution in [3.05, 3.63) is 90.0 Å². The molecule has 1 aliphatic rings. The van der Waals surface area contributed by atoms with Gasteiger partial charge in [0.05, 0.1) is 18.5 Å². The van der Waals surface area contributed by atoms with E-state index >= 15 is 0 Å². The molecule has 3 heterocycles. The van der Waals surface area contributed by atoms with E-state index in [0.717, 1.165) is 33.9 Å². The van der Waals surface area contributed by atoms with Crippen molar-refractivity contribution in [3.8, 4) is 28.6 Å². The Morgan fingerprint density at radius 3 is 2.54 bits per heavy atom. The molecule has 0 bridgehead atoms. The van der Waals surface area contributed by atoms with Gasteiger partial charge >= 0.3 is 0 Å². The number of halogens is 1. The summed E-state index contributed by atoms with van der Waals surface area (Å²) in [6.07, 6.45) is 0. The Labute approximate surface area is 202 Å². The second kappa shape index (κ2) is 10.4. The summed E-state index contributed by atoms with van der Waals surface area (Å²) in [7, 11) is 1.60. The summed E-state index contributed by atoms with van der Waals surface area (Å²) in [6, 6.07) is 22.5. The predicted molar refractivity (Wildman–Crippen MR) is 132 cm³/mol. The highest BCUT2D eigenvalue weighted by atomic mass is 19.1. The summed E-state index contributed by atoms with van der Waals surface area (Å²) >= 11 is 0. The van der Waals surface area contributed by atoms with Gasteiger partial charge < -0.3 is 24.8 Å². The Balaban J connectivity index is 1.25. The van der Waals surface area contributed by atoms with Crippen molar-refractivity contribution in [1.82, 2.24) is 15.3 Å². The van der Waals surface area contributed by atoms with Crippen molar-refractivity contribution in [2.45, 2.75) is 13.1 Å². The number of nitrogens with one attached hydrogen (secondary N) is 2. The fourth-order valence-electron chi connectivity index (χ4n) is 3.86. The molecule has 0 saturated heterocycles. The van der Waals surface area contributed by atoms with Gasteiger partial charge in [0, 0.05) is 24.3 Å². The lowest BCUT2D eigenvalue weighted by molar-refractivity contribution is 0.172. The van der Waals surface area contributed by atoms with Crippen LogP contribution >= 0.6 is 0 Å². The van der Waals surface area contributed by atoms with E-state index in [2.05, 4.69) is 15.6 Å². The van der Waals surface area contributed by atoms with Crippen molar-refractivity contribution in [2.75, 3.05) is 25.6 Å². The van der Waals surface area contributed by atoms with Gasteiger partial charge in [0.2, 0.25) is 11.8 Å². The van der Waals surface area contributed by atoms with Gasteiger partial charge in [0.25, 0.3) is 0 Å². The van der Waals surface area contributed by atoms with Gasteiger partial charge in [0.1, 0.15) is 18.9 Å². The van der Waals surface area contributed by atoms with Gasteiger partial charge in [-0.3, -0.25) is 0 Å². The molecule has 35 heavy (non-hydrogen) atoms. The number of hydrogen-bond acceptors (Lipinski definition) is 7. The van der Waals surface area contributed by atoms with E-state index in [4.69, 9.17) is 19.2 Å². The third-order valence-corrected chi connectivity index (χ3v) is 5.54. The maximum atomic E-state index is 13.2. The zero-order valence-corrected chi connectivity index (χ0v) is 19.3. The molecule has 8 heteroatoms. The average molecular weight is 473 g/mol. The lowest BCUT2D eigenvalue weighted by Crippen LogP contribution is -2.16. The molecule has 0 saturated carbocycles. The molecule has 0 amide bonds. The maximum Gasteiger partial charge on any atom is 0.238 e. The zero-order valence-electron chi connectivity index (χ0n) is 19.3. The summed E-state index contributed by atoms with van der Waals surface area (Å²) in [5.41, 5.74) is 5.02. The van der Waals surface area contributed by atoms with E-state index in [0.29, 0.717) is 43.6 Å². The Bertz CT molecular complexity index is 1310. The lowest BCUT2D eigenvalue weighted by Gasteiger charge is -2.21. The van der Waals surface area contributed by atoms with E-state index in [1.54, 1.807) is 19.2 Å². The number of rotatable bonds is 8. The topological polar surface area (TPSA) is 77.5 Å². The standard InChI is InChI=1S/C27H25FN4O3/c1-33-27-23(13-12-22(32-27)21-5-3-6-24-26(21)35-15-14-34-24)30-19-10-8-18(9-11-19)16-29-17-20-4-2-7-25(28)31-20/h2-13,29-30H,14-17H2,1H3. The van der Waals surface area contributed by atoms with Gasteiger partial charge in [-0.05, 0) is 54.1 Å². The molecule has 2 N–H and O–H groups in total. The number of methoxy groups -OCH3 is 1. The van der Waals surface area contributed by atoms with Crippen molar-refractivity contribution in [2.24, 2.45) is 0 Å². The minimum absolute atomic E-state index is 0.469. The lowest BCUT2D eigenvalue weighted by atomic mass is 10.1. The van der Waals surface area contributed by atoms with E-state index < -0.39 is 5.95 Å². The first kappa shape index (κ1) is 22.6. The van der Waals surface area contributed by atoms with Gasteiger partial charge in [0.15, 0.2) is 11.5 Å². The summed E-state index contributed by atoms with van der Waals surface area (Å²) in [5, 5.41) is 6.64. The monoisotopic (exact) mass is 472 g/mol. The normalized spacial score (nSPS) is 12.3. The zero-order chi connectivity index (χ0) is 24.0. The molecular weight excluding hydrogens is 447 g/mol. The number of benzene rings is 2. The van der Waals surface area contributed by atoms with Crippen LogP contribution in [-0.4, -0.2) is 30.3 Å². The van der Waals surface area contributed by atoms with Crippen molar-refractivity contribution in [3.63, 3.8) is 0 Å². The highest BCUT2D eigenvalue weighted by Gasteiger charge is 2.18. The molecule has 0 atom stereocenters. The second-order valence-electron chi connectivity index (χ2n) is 7.96. The third kappa shape index (κ3) is 5.33. The number of fused-ring (bicyclic) bond motifs is 1. The van der Waals surface area contributed by atoms with Crippen molar-refractivity contribution < 1.29 is 18.6 Å². The van der Waals surface area contributed by atoms with Crippen LogP contribution in [0.2, 0.25) is 0 Å². The third-order valence-electron chi connectivity index (χ3n) is 5.54. The molecular formula is C27H25FN4O3. The SMILES string of the molecule is COc1nc(-c2cccc3c2OCCO3)ccc1Nc1ccc(CNCc2cccc(F)n2)cc1. The average Bonchev–Trinajstić information content (AvgIpc) is 2.90. The van der Waals surface area contributed by atoms with E-state index in [1.807, 2.05) is 54.6 Å². The molecule has 0 spiro atoms. The van der Waals surface area contributed by atoms with Gasteiger partial charge in [-0.1, -0.05) is 24.3 Å². The van der Waals surface area contributed by atoms with Crippen LogP contribution in [-0.2, 0) is 13.1 Å². The Morgan fingerprint density at radius 2 is 1.71 bits per heavy atom. The van der Waals surface area contributed by atoms with Gasteiger partial charge in [-0.25, -0.2) is 9.97 Å². The van der Waals surface area contributed by atoms with E-state index in [1.165, 1.54) is 6.07 Å². The molecule has 7 nitrogen and oxygen atoms in total. The van der Waals surface area contributed by atoms with Gasteiger partial charge in [-0.15, -0.1) is 0 Å². The first-order valence-corrected chi connectivity index (χ1v) is 11.3. The number of hydrogen-bond donors (Lipinski definition) is 2. The van der Waals surface area contributed by atoms with Gasteiger partial charge in [-0.2, -0.15) is 4.39 Å². The van der Waals surface area contributed by atoms with Crippen LogP contribution in [0.1, 0.15) is 11.3 Å². The largest absolute Gasteiger partial charge is 0.486 e. The smallest absolute Gasteiger partial charge is 0.238 e. The Hall–Kier alpha value is -4.17. The molecule has 5 rings (SSSR count). The molecule has 0 unspecified atom stereocenters. The maximum absolute atomic E-state index is 13.2. The summed E-state index contributed by atoms with van der Waals surface area (Å²) < 4.78 is 30.3. The van der Waals surface area contributed by atoms with Crippen LogP contribution < -0.4 is 24.8 Å². The summed E-state index contributed by atoms with van der Waals surface area (Å²) in [4.78, 5) is 8.55. The molecule has 1 aliphatic heterocycles. The number of ether oxygens (including phenoxy) is 3. The molecule has 0 fully saturated rings. The minimum Gasteiger partial charge on any atom is -0.486 e. The van der Waals surface area contributed by atoms with E-state index in [-0.39, 0.29) is 0 Å². The number of anilines is 2. The highest BCUT2D eigenvalue weighted by molar-refractivity contribution is 5.74. The second-order valence-corrected chi connectivity index (χ2v) is 7.96. The summed E-state index contributed by atoms with van der Waals surface area (Å²) in [6.45, 7) is 2.18. The van der Waals surface area contributed by atoms with Crippen LogP contribution in [0.25, 0.3) is 11.3 Å². The highest BCUT2D eigenvalue weighted by Crippen LogP contribution is 2.40. The molecule has 2 aromatic heterocycles. The molecule has 178 valence electrons. The predicted octanol–water partition coefficient (Wildman–Crippen LogP) is 5.10. The van der Waals surface area contributed by atoms with Crippen LogP contribution in [0.5, 0.6) is 17.4 Å². The quantitative estimate of drug-likeness (QED) is 0.346. The van der Waals surface area contributed by atoms with Crippen molar-refractivity contribution in [1.29, 1.82) is 0 Å². The first-order valence-electron chi connectivity index (χ1n) is 11.3. The molecule has 0 aliphatic carbocycles. The van der Waals surface area contributed by atoms with Crippen molar-refractivity contribution >= 4 is 11.4 Å². The van der Waals surface area contributed by atoms with Crippen LogP contribution in [0.3, 0.4) is 0 Å². The number of pyridine rings is 2. The Morgan fingerprint density at radius 1 is 0.886 bits per heavy atom. The minimum atomic E-state index is -0.469. The van der Waals surface area contributed by atoms with E-state index in [9.17, 15) is 4.39 Å². The molecule has 4 aromatic rings. The fourth-order valence-corrected chi connectivity index (χ4v) is 3.86. The number of nitrogens with zero attached hydrogens (tertiary/aromatic N) is 2. The Kier molecular flexibility index (Phi) is 6.72. The van der Waals surface area contributed by atoms with Crippen LogP contribution in [0.15, 0.2) is 72.8 Å². The van der Waals surface area contributed by atoms with Crippen LogP contribution in [0, 0.1) is 5.95 Å². The number of para-hydroxylation sites is 1. The first-order chi connectivity index (χ1) is 17.2. The molecule has 0 radical (unpaired) electrons. The fraction of sp³-hybridized carbons (Fsp3) is 0.185.